The van der Waals surface area contributed by atoms with Crippen LogP contribution in [0.15, 0.2) is 45.3 Å². The van der Waals surface area contributed by atoms with Crippen LogP contribution in [0.3, 0.4) is 0 Å². The zero-order valence-corrected chi connectivity index (χ0v) is 13.4. The number of carbonyl (C=O) groups is 1. The molecule has 0 spiro atoms. The molecule has 0 aliphatic carbocycles. The van der Waals surface area contributed by atoms with Crippen LogP contribution in [0.5, 0.6) is 0 Å². The molecule has 0 saturated carbocycles. The third-order valence-electron chi connectivity index (χ3n) is 2.62. The monoisotopic (exact) mass is 382 g/mol. The summed E-state index contributed by atoms with van der Waals surface area (Å²) in [6.45, 7) is 1.95. The molecule has 0 atom stereocenters. The van der Waals surface area contributed by atoms with Crippen molar-refractivity contribution in [3.05, 3.63) is 56.5 Å². The first kappa shape index (κ1) is 14.1. The second kappa shape index (κ2) is 5.75. The van der Waals surface area contributed by atoms with Gasteiger partial charge in [-0.15, -0.1) is 0 Å². The zero-order chi connectivity index (χ0) is 14.0. The summed E-state index contributed by atoms with van der Waals surface area (Å²) in [6.07, 6.45) is 0. The number of carbonyl (C=O) groups excluding carboxylic acids is 1. The van der Waals surface area contributed by atoms with Gasteiger partial charge in [0.25, 0.3) is 5.91 Å². The van der Waals surface area contributed by atoms with E-state index in [1.807, 2.05) is 25.1 Å². The van der Waals surface area contributed by atoms with Crippen LogP contribution in [0.4, 0.5) is 11.4 Å². The van der Waals surface area contributed by atoms with Gasteiger partial charge in [0.2, 0.25) is 0 Å². The Labute approximate surface area is 128 Å². The van der Waals surface area contributed by atoms with Crippen LogP contribution in [-0.4, -0.2) is 5.91 Å². The molecule has 98 valence electrons. The Hall–Kier alpha value is -1.33. The SMILES string of the molecule is Cc1ccc(Br)c(C(=O)Nc2ccc(Br)c(N)c2)c1. The lowest BCUT2D eigenvalue weighted by atomic mass is 10.1. The first-order valence-electron chi connectivity index (χ1n) is 5.60. The second-order valence-electron chi connectivity index (χ2n) is 4.17. The minimum Gasteiger partial charge on any atom is -0.398 e. The molecule has 1 amide bonds. The lowest BCUT2D eigenvalue weighted by Gasteiger charge is -2.09. The molecule has 0 bridgehead atoms. The van der Waals surface area contributed by atoms with Gasteiger partial charge in [-0.3, -0.25) is 4.79 Å². The van der Waals surface area contributed by atoms with E-state index in [-0.39, 0.29) is 5.91 Å². The van der Waals surface area contributed by atoms with Gasteiger partial charge in [-0.2, -0.15) is 0 Å². The molecule has 5 heteroatoms. The van der Waals surface area contributed by atoms with Gasteiger partial charge < -0.3 is 11.1 Å². The Morgan fingerprint density at radius 1 is 1.11 bits per heavy atom. The molecular weight excluding hydrogens is 372 g/mol. The van der Waals surface area contributed by atoms with Crippen LogP contribution < -0.4 is 11.1 Å². The summed E-state index contributed by atoms with van der Waals surface area (Å²) in [5.41, 5.74) is 8.66. The van der Waals surface area contributed by atoms with Gasteiger partial charge >= 0.3 is 0 Å². The molecule has 19 heavy (non-hydrogen) atoms. The Morgan fingerprint density at radius 2 is 1.79 bits per heavy atom. The number of hydrogen-bond donors (Lipinski definition) is 2. The van der Waals surface area contributed by atoms with Gasteiger partial charge in [-0.05, 0) is 69.1 Å². The minimum atomic E-state index is -0.169. The van der Waals surface area contributed by atoms with Crippen molar-refractivity contribution in [2.45, 2.75) is 6.92 Å². The molecule has 2 aromatic carbocycles. The predicted molar refractivity (Wildman–Crippen MR) is 85.4 cm³/mol. The van der Waals surface area contributed by atoms with E-state index in [0.717, 1.165) is 14.5 Å². The van der Waals surface area contributed by atoms with E-state index in [2.05, 4.69) is 37.2 Å². The molecule has 0 aromatic heterocycles. The average molecular weight is 384 g/mol. The van der Waals surface area contributed by atoms with E-state index in [4.69, 9.17) is 5.73 Å². The third-order valence-corrected chi connectivity index (χ3v) is 4.03. The number of nitrogens with one attached hydrogen (secondary N) is 1. The van der Waals surface area contributed by atoms with E-state index in [1.165, 1.54) is 0 Å². The van der Waals surface area contributed by atoms with Crippen molar-refractivity contribution < 1.29 is 4.79 Å². The molecule has 3 nitrogen and oxygen atoms in total. The number of anilines is 2. The maximum absolute atomic E-state index is 12.2. The topological polar surface area (TPSA) is 55.1 Å². The number of hydrogen-bond acceptors (Lipinski definition) is 2. The van der Waals surface area contributed by atoms with Crippen LogP contribution in [0.1, 0.15) is 15.9 Å². The van der Waals surface area contributed by atoms with Crippen LogP contribution >= 0.6 is 31.9 Å². The van der Waals surface area contributed by atoms with Crippen molar-refractivity contribution in [2.75, 3.05) is 11.1 Å². The molecule has 0 heterocycles. The standard InChI is InChI=1S/C14H12Br2N2O/c1-8-2-4-11(15)10(6-8)14(19)18-9-3-5-12(16)13(17)7-9/h2-7H,17H2,1H3,(H,18,19). The second-order valence-corrected chi connectivity index (χ2v) is 5.88. The largest absolute Gasteiger partial charge is 0.398 e. The van der Waals surface area contributed by atoms with Crippen molar-refractivity contribution in [1.29, 1.82) is 0 Å². The fourth-order valence-corrected chi connectivity index (χ4v) is 2.31. The summed E-state index contributed by atoms with van der Waals surface area (Å²) in [7, 11) is 0. The van der Waals surface area contributed by atoms with E-state index in [1.54, 1.807) is 18.2 Å². The Kier molecular flexibility index (Phi) is 4.27. The van der Waals surface area contributed by atoms with Crippen LogP contribution in [-0.2, 0) is 0 Å². The number of benzene rings is 2. The minimum absolute atomic E-state index is 0.169. The quantitative estimate of drug-likeness (QED) is 0.757. The Balaban J connectivity index is 2.25. The molecule has 0 aliphatic heterocycles. The lowest BCUT2D eigenvalue weighted by Crippen LogP contribution is -2.13. The summed E-state index contributed by atoms with van der Waals surface area (Å²) < 4.78 is 1.57. The van der Waals surface area contributed by atoms with Gasteiger partial charge in [-0.1, -0.05) is 11.6 Å². The van der Waals surface area contributed by atoms with Crippen molar-refractivity contribution in [3.8, 4) is 0 Å². The third kappa shape index (κ3) is 3.36. The molecular formula is C14H12Br2N2O. The molecule has 2 rings (SSSR count). The highest BCUT2D eigenvalue weighted by atomic mass is 79.9. The summed E-state index contributed by atoms with van der Waals surface area (Å²) in [5.74, 6) is -0.169. The molecule has 3 N–H and O–H groups in total. The Morgan fingerprint density at radius 3 is 2.47 bits per heavy atom. The highest BCUT2D eigenvalue weighted by Gasteiger charge is 2.11. The predicted octanol–water partition coefficient (Wildman–Crippen LogP) is 4.35. The van der Waals surface area contributed by atoms with Gasteiger partial charge in [0, 0.05) is 20.3 Å². The lowest BCUT2D eigenvalue weighted by molar-refractivity contribution is 0.102. The number of amides is 1. The fourth-order valence-electron chi connectivity index (χ4n) is 1.63. The summed E-state index contributed by atoms with van der Waals surface area (Å²) in [5, 5.41) is 2.82. The van der Waals surface area contributed by atoms with Crippen molar-refractivity contribution in [1.82, 2.24) is 0 Å². The van der Waals surface area contributed by atoms with E-state index in [9.17, 15) is 4.79 Å². The van der Waals surface area contributed by atoms with Crippen molar-refractivity contribution in [2.24, 2.45) is 0 Å². The summed E-state index contributed by atoms with van der Waals surface area (Å²) >= 11 is 6.69. The van der Waals surface area contributed by atoms with Gasteiger partial charge in [0.15, 0.2) is 0 Å². The molecule has 0 saturated heterocycles. The number of aryl methyl sites for hydroxylation is 1. The fraction of sp³-hybridized carbons (Fsp3) is 0.0714. The molecule has 0 radical (unpaired) electrons. The maximum atomic E-state index is 12.2. The highest BCUT2D eigenvalue weighted by molar-refractivity contribution is 9.11. The Bertz CT molecular complexity index is 641. The van der Waals surface area contributed by atoms with E-state index in [0.29, 0.717) is 16.9 Å². The van der Waals surface area contributed by atoms with Crippen molar-refractivity contribution >= 4 is 49.1 Å². The first-order valence-corrected chi connectivity index (χ1v) is 7.18. The average Bonchev–Trinajstić information content (AvgIpc) is 2.36. The van der Waals surface area contributed by atoms with E-state index < -0.39 is 0 Å². The number of nitrogens with two attached hydrogens (primary N) is 1. The highest BCUT2D eigenvalue weighted by Crippen LogP contribution is 2.24. The molecule has 0 fully saturated rings. The molecule has 2 aromatic rings. The molecule has 0 unspecified atom stereocenters. The van der Waals surface area contributed by atoms with Crippen LogP contribution in [0.2, 0.25) is 0 Å². The number of rotatable bonds is 2. The number of halogens is 2. The van der Waals surface area contributed by atoms with Gasteiger partial charge in [0.1, 0.15) is 0 Å². The number of nitrogen functional groups attached to an aromatic ring is 1. The van der Waals surface area contributed by atoms with Crippen LogP contribution in [0, 0.1) is 6.92 Å². The zero-order valence-electron chi connectivity index (χ0n) is 10.2. The van der Waals surface area contributed by atoms with Gasteiger partial charge in [-0.25, -0.2) is 0 Å². The normalized spacial score (nSPS) is 10.3. The molecule has 0 aliphatic rings. The van der Waals surface area contributed by atoms with Gasteiger partial charge in [0.05, 0.1) is 5.56 Å². The summed E-state index contributed by atoms with van der Waals surface area (Å²) in [6, 6.07) is 10.9. The maximum Gasteiger partial charge on any atom is 0.256 e. The first-order chi connectivity index (χ1) is 8.97. The smallest absolute Gasteiger partial charge is 0.256 e. The van der Waals surface area contributed by atoms with Crippen LogP contribution in [0.25, 0.3) is 0 Å². The van der Waals surface area contributed by atoms with Crippen molar-refractivity contribution in [3.63, 3.8) is 0 Å². The van der Waals surface area contributed by atoms with E-state index >= 15 is 0 Å². The summed E-state index contributed by atoms with van der Waals surface area (Å²) in [4.78, 5) is 12.2.